The average molecular weight is 256 g/mol. The van der Waals surface area contributed by atoms with Crippen molar-refractivity contribution in [2.45, 2.75) is 19.3 Å². The summed E-state index contributed by atoms with van der Waals surface area (Å²) >= 11 is 0. The Labute approximate surface area is 109 Å². The van der Waals surface area contributed by atoms with Crippen molar-refractivity contribution in [3.05, 3.63) is 45.6 Å². The minimum absolute atomic E-state index is 0.0279. The molecule has 6 heteroatoms. The number of anilines is 1. The first-order valence-electron chi connectivity index (χ1n) is 6.05. The van der Waals surface area contributed by atoms with Gasteiger partial charge in [0.1, 0.15) is 5.82 Å². The summed E-state index contributed by atoms with van der Waals surface area (Å²) in [4.78, 5) is 19.1. The van der Waals surface area contributed by atoms with E-state index in [-0.39, 0.29) is 5.69 Å². The van der Waals surface area contributed by atoms with Gasteiger partial charge < -0.3 is 5.73 Å². The maximum absolute atomic E-state index is 10.8. The summed E-state index contributed by atoms with van der Waals surface area (Å²) in [7, 11) is 0. The van der Waals surface area contributed by atoms with Crippen LogP contribution in [0, 0.1) is 10.1 Å². The van der Waals surface area contributed by atoms with Gasteiger partial charge in [0.2, 0.25) is 0 Å². The van der Waals surface area contributed by atoms with E-state index in [1.165, 1.54) is 12.1 Å². The number of aromatic nitrogens is 2. The number of benzene rings is 1. The van der Waals surface area contributed by atoms with Crippen LogP contribution in [-0.2, 0) is 12.8 Å². The second-order valence-electron chi connectivity index (χ2n) is 4.52. The van der Waals surface area contributed by atoms with Crippen LogP contribution in [0.3, 0.4) is 0 Å². The lowest BCUT2D eigenvalue weighted by atomic mass is 10.1. The topological polar surface area (TPSA) is 94.9 Å². The zero-order chi connectivity index (χ0) is 13.4. The lowest BCUT2D eigenvalue weighted by Crippen LogP contribution is -2.03. The third-order valence-electron chi connectivity index (χ3n) is 3.28. The van der Waals surface area contributed by atoms with Crippen LogP contribution < -0.4 is 5.73 Å². The van der Waals surface area contributed by atoms with Crippen LogP contribution >= 0.6 is 0 Å². The maximum Gasteiger partial charge on any atom is 0.270 e. The van der Waals surface area contributed by atoms with E-state index in [1.54, 1.807) is 12.1 Å². The van der Waals surface area contributed by atoms with Gasteiger partial charge in [0.05, 0.1) is 4.92 Å². The van der Waals surface area contributed by atoms with Gasteiger partial charge in [0, 0.05) is 29.0 Å². The van der Waals surface area contributed by atoms with E-state index in [4.69, 9.17) is 5.73 Å². The van der Waals surface area contributed by atoms with Gasteiger partial charge >= 0.3 is 0 Å². The molecule has 0 radical (unpaired) electrons. The molecule has 2 N–H and O–H groups in total. The van der Waals surface area contributed by atoms with E-state index in [0.29, 0.717) is 17.2 Å². The summed E-state index contributed by atoms with van der Waals surface area (Å²) in [6.45, 7) is 0. The Morgan fingerprint density at radius 1 is 1.26 bits per heavy atom. The van der Waals surface area contributed by atoms with Crippen LogP contribution in [0.5, 0.6) is 0 Å². The molecule has 1 heterocycles. The fourth-order valence-corrected chi connectivity index (χ4v) is 2.35. The van der Waals surface area contributed by atoms with E-state index in [0.717, 1.165) is 30.5 Å². The minimum atomic E-state index is -0.430. The Hall–Kier alpha value is -2.50. The number of nitro groups is 1. The fraction of sp³-hybridized carbons (Fsp3) is 0.231. The van der Waals surface area contributed by atoms with Crippen molar-refractivity contribution in [1.29, 1.82) is 0 Å². The van der Waals surface area contributed by atoms with Crippen molar-refractivity contribution in [3.8, 4) is 11.4 Å². The number of non-ortho nitro benzene ring substituents is 1. The van der Waals surface area contributed by atoms with Gasteiger partial charge in [-0.2, -0.15) is 0 Å². The van der Waals surface area contributed by atoms with E-state index in [2.05, 4.69) is 9.97 Å². The Kier molecular flexibility index (Phi) is 2.63. The first-order chi connectivity index (χ1) is 9.15. The molecule has 1 aliphatic rings. The molecule has 0 atom stereocenters. The fourth-order valence-electron chi connectivity index (χ4n) is 2.35. The van der Waals surface area contributed by atoms with Crippen molar-refractivity contribution in [2.75, 3.05) is 5.73 Å². The standard InChI is InChI=1S/C13H12N4O2/c14-12-10-5-2-6-11(10)15-13(16-12)8-3-1-4-9(7-8)17(18)19/h1,3-4,7H,2,5-6H2,(H2,14,15,16). The number of rotatable bonds is 2. The molecule has 0 saturated heterocycles. The molecular formula is C13H12N4O2. The van der Waals surface area contributed by atoms with Crippen molar-refractivity contribution < 1.29 is 4.92 Å². The van der Waals surface area contributed by atoms with Crippen LogP contribution in [-0.4, -0.2) is 14.9 Å². The second kappa shape index (κ2) is 4.31. The van der Waals surface area contributed by atoms with Crippen molar-refractivity contribution in [1.82, 2.24) is 9.97 Å². The molecule has 3 rings (SSSR count). The van der Waals surface area contributed by atoms with Gasteiger partial charge in [0.15, 0.2) is 5.82 Å². The summed E-state index contributed by atoms with van der Waals surface area (Å²) in [5, 5.41) is 10.8. The molecule has 96 valence electrons. The van der Waals surface area contributed by atoms with Crippen LogP contribution in [0.4, 0.5) is 11.5 Å². The molecule has 0 bridgehead atoms. The second-order valence-corrected chi connectivity index (χ2v) is 4.52. The smallest absolute Gasteiger partial charge is 0.270 e. The molecule has 1 aromatic carbocycles. The number of hydrogen-bond donors (Lipinski definition) is 1. The van der Waals surface area contributed by atoms with Crippen LogP contribution in [0.2, 0.25) is 0 Å². The predicted molar refractivity (Wildman–Crippen MR) is 70.6 cm³/mol. The predicted octanol–water partition coefficient (Wildman–Crippen LogP) is 2.12. The van der Waals surface area contributed by atoms with Crippen LogP contribution in [0.25, 0.3) is 11.4 Å². The zero-order valence-electron chi connectivity index (χ0n) is 10.2. The van der Waals surface area contributed by atoms with Crippen molar-refractivity contribution >= 4 is 11.5 Å². The van der Waals surface area contributed by atoms with E-state index in [1.807, 2.05) is 0 Å². The largest absolute Gasteiger partial charge is 0.383 e. The molecule has 0 amide bonds. The summed E-state index contributed by atoms with van der Waals surface area (Å²) in [5.41, 5.74) is 8.56. The first-order valence-corrected chi connectivity index (χ1v) is 6.05. The molecule has 1 aliphatic carbocycles. The van der Waals surface area contributed by atoms with E-state index in [9.17, 15) is 10.1 Å². The highest BCUT2D eigenvalue weighted by Crippen LogP contribution is 2.28. The Balaban J connectivity index is 2.10. The number of fused-ring (bicyclic) bond motifs is 1. The highest BCUT2D eigenvalue weighted by atomic mass is 16.6. The Morgan fingerprint density at radius 3 is 2.89 bits per heavy atom. The Morgan fingerprint density at radius 2 is 2.11 bits per heavy atom. The number of nitrogens with zero attached hydrogens (tertiary/aromatic N) is 3. The lowest BCUT2D eigenvalue weighted by molar-refractivity contribution is -0.384. The van der Waals surface area contributed by atoms with E-state index < -0.39 is 4.92 Å². The molecule has 6 nitrogen and oxygen atoms in total. The third kappa shape index (κ3) is 2.01. The molecule has 19 heavy (non-hydrogen) atoms. The van der Waals surface area contributed by atoms with Crippen molar-refractivity contribution in [3.63, 3.8) is 0 Å². The van der Waals surface area contributed by atoms with Gasteiger partial charge in [-0.15, -0.1) is 0 Å². The van der Waals surface area contributed by atoms with Gasteiger partial charge in [-0.1, -0.05) is 12.1 Å². The average Bonchev–Trinajstić information content (AvgIpc) is 2.87. The minimum Gasteiger partial charge on any atom is -0.383 e. The summed E-state index contributed by atoms with van der Waals surface area (Å²) in [6.07, 6.45) is 2.84. The van der Waals surface area contributed by atoms with E-state index >= 15 is 0 Å². The monoisotopic (exact) mass is 256 g/mol. The quantitative estimate of drug-likeness (QED) is 0.656. The number of nitrogen functional groups attached to an aromatic ring is 1. The first kappa shape index (κ1) is 11.6. The van der Waals surface area contributed by atoms with Crippen LogP contribution in [0.15, 0.2) is 24.3 Å². The summed E-state index contributed by atoms with van der Waals surface area (Å²) in [6, 6.07) is 6.29. The Bertz CT molecular complexity index is 670. The van der Waals surface area contributed by atoms with Crippen LogP contribution in [0.1, 0.15) is 17.7 Å². The number of nitro benzene ring substituents is 1. The molecular weight excluding hydrogens is 244 g/mol. The molecule has 0 unspecified atom stereocenters. The SMILES string of the molecule is Nc1nc(-c2cccc([N+](=O)[O-])c2)nc2c1CCC2. The van der Waals surface area contributed by atoms with Gasteiger partial charge in [-0.25, -0.2) is 9.97 Å². The molecule has 2 aromatic rings. The summed E-state index contributed by atoms with van der Waals surface area (Å²) in [5.74, 6) is 0.950. The molecule has 0 aliphatic heterocycles. The maximum atomic E-state index is 10.8. The highest BCUT2D eigenvalue weighted by Gasteiger charge is 2.19. The number of hydrogen-bond acceptors (Lipinski definition) is 5. The molecule has 1 aromatic heterocycles. The molecule has 0 saturated carbocycles. The number of aryl methyl sites for hydroxylation is 1. The highest BCUT2D eigenvalue weighted by molar-refractivity contribution is 5.62. The zero-order valence-corrected chi connectivity index (χ0v) is 10.2. The molecule has 0 fully saturated rings. The normalized spacial score (nSPS) is 13.3. The van der Waals surface area contributed by atoms with Gasteiger partial charge in [-0.05, 0) is 19.3 Å². The van der Waals surface area contributed by atoms with Gasteiger partial charge in [-0.3, -0.25) is 10.1 Å². The van der Waals surface area contributed by atoms with Crippen molar-refractivity contribution in [2.24, 2.45) is 0 Å². The molecule has 0 spiro atoms. The lowest BCUT2D eigenvalue weighted by Gasteiger charge is -2.06. The van der Waals surface area contributed by atoms with Gasteiger partial charge in [0.25, 0.3) is 5.69 Å². The number of nitrogens with two attached hydrogens (primary N) is 1. The third-order valence-corrected chi connectivity index (χ3v) is 3.28. The summed E-state index contributed by atoms with van der Waals surface area (Å²) < 4.78 is 0.